The monoisotopic (exact) mass is 407 g/mol. The molecule has 0 spiro atoms. The van der Waals surface area contributed by atoms with Crippen molar-refractivity contribution < 1.29 is 13.2 Å². The Labute approximate surface area is 169 Å². The first kappa shape index (κ1) is 21.3. The summed E-state index contributed by atoms with van der Waals surface area (Å²) in [7, 11) is -3.52. The topological polar surface area (TPSA) is 69.7 Å². The molecule has 2 aliphatic heterocycles. The summed E-state index contributed by atoms with van der Waals surface area (Å²) in [5.74, 6) is -0.269. The van der Waals surface area contributed by atoms with Gasteiger partial charge in [-0.05, 0) is 63.9 Å². The summed E-state index contributed by atoms with van der Waals surface area (Å²) >= 11 is 0. The highest BCUT2D eigenvalue weighted by Crippen LogP contribution is 2.23. The summed E-state index contributed by atoms with van der Waals surface area (Å²) in [5.41, 5.74) is 0. The summed E-state index contributed by atoms with van der Waals surface area (Å²) in [5, 5.41) is 3.03. The predicted octanol–water partition coefficient (Wildman–Crippen LogP) is 2.47. The van der Waals surface area contributed by atoms with E-state index in [9.17, 15) is 13.2 Å². The predicted molar refractivity (Wildman–Crippen MR) is 110 cm³/mol. The van der Waals surface area contributed by atoms with Gasteiger partial charge in [-0.15, -0.1) is 0 Å². The molecule has 1 aromatic carbocycles. The van der Waals surface area contributed by atoms with E-state index in [0.29, 0.717) is 18.0 Å². The van der Waals surface area contributed by atoms with Crippen LogP contribution in [-0.2, 0) is 14.8 Å². The molecule has 28 heavy (non-hydrogen) atoms. The molecule has 0 saturated carbocycles. The Balaban J connectivity index is 1.45. The number of rotatable bonds is 7. The minimum atomic E-state index is -3.52. The maximum Gasteiger partial charge on any atom is 0.243 e. The van der Waals surface area contributed by atoms with Crippen molar-refractivity contribution in [2.45, 2.75) is 49.8 Å². The van der Waals surface area contributed by atoms with Crippen LogP contribution in [0.25, 0.3) is 0 Å². The van der Waals surface area contributed by atoms with Gasteiger partial charge in [0.2, 0.25) is 15.9 Å². The van der Waals surface area contributed by atoms with Gasteiger partial charge >= 0.3 is 0 Å². The lowest BCUT2D eigenvalue weighted by Gasteiger charge is -2.31. The summed E-state index contributed by atoms with van der Waals surface area (Å²) in [6.45, 7) is 4.79. The molecule has 1 N–H and O–H groups in total. The molecule has 3 rings (SSSR count). The van der Waals surface area contributed by atoms with Crippen LogP contribution in [-0.4, -0.2) is 62.8 Å². The number of amides is 1. The summed E-state index contributed by atoms with van der Waals surface area (Å²) in [6.07, 6.45) is 7.64. The normalized spacial score (nSPS) is 22.5. The average Bonchev–Trinajstić information content (AvgIpc) is 3.00. The maximum absolute atomic E-state index is 12.8. The van der Waals surface area contributed by atoms with E-state index >= 15 is 0 Å². The van der Waals surface area contributed by atoms with E-state index in [-0.39, 0.29) is 18.4 Å². The Bertz CT molecular complexity index is 716. The van der Waals surface area contributed by atoms with Crippen LogP contribution >= 0.6 is 0 Å². The number of benzene rings is 1. The van der Waals surface area contributed by atoms with E-state index < -0.39 is 10.0 Å². The Kier molecular flexibility index (Phi) is 7.88. The molecule has 0 bridgehead atoms. The molecule has 156 valence electrons. The third-order valence-electron chi connectivity index (χ3n) is 5.78. The van der Waals surface area contributed by atoms with E-state index in [1.54, 1.807) is 30.3 Å². The number of hydrogen-bond donors (Lipinski definition) is 1. The summed E-state index contributed by atoms with van der Waals surface area (Å²) in [6, 6.07) is 8.48. The van der Waals surface area contributed by atoms with Gasteiger partial charge in [0.1, 0.15) is 0 Å². The Morgan fingerprint density at radius 1 is 1.00 bits per heavy atom. The van der Waals surface area contributed by atoms with E-state index in [0.717, 1.165) is 25.8 Å². The maximum atomic E-state index is 12.8. The lowest BCUT2D eigenvalue weighted by molar-refractivity contribution is -0.126. The number of nitrogens with zero attached hydrogens (tertiary/aromatic N) is 2. The van der Waals surface area contributed by atoms with Crippen molar-refractivity contribution in [1.82, 2.24) is 14.5 Å². The fourth-order valence-electron chi connectivity index (χ4n) is 4.13. The molecule has 1 aromatic rings. The van der Waals surface area contributed by atoms with Gasteiger partial charge in [0.15, 0.2) is 0 Å². The fraction of sp³-hybridized carbons (Fsp3) is 0.667. The van der Waals surface area contributed by atoms with Crippen LogP contribution in [0.3, 0.4) is 0 Å². The molecular weight excluding hydrogens is 374 g/mol. The lowest BCUT2D eigenvalue weighted by atomic mass is 9.99. The molecule has 0 aliphatic carbocycles. The third kappa shape index (κ3) is 5.78. The number of nitrogens with one attached hydrogen (secondary N) is 1. The van der Waals surface area contributed by atoms with Crippen molar-refractivity contribution in [3.05, 3.63) is 30.3 Å². The van der Waals surface area contributed by atoms with Crippen molar-refractivity contribution in [2.24, 2.45) is 5.92 Å². The standard InChI is InChI=1S/C21H33N3O3S/c25-21(22-13-9-16-23-14-6-1-2-7-15-23)19-10-8-17-24(18-19)28(26,27)20-11-4-3-5-12-20/h3-5,11-12,19H,1-2,6-10,13-18H2,(H,22,25)/t19-/m1/s1. The molecule has 2 heterocycles. The van der Waals surface area contributed by atoms with Crippen molar-refractivity contribution in [2.75, 3.05) is 39.3 Å². The SMILES string of the molecule is O=C(NCCCN1CCCCCC1)[C@@H]1CCCN(S(=O)(=O)c2ccccc2)C1. The van der Waals surface area contributed by atoms with Crippen molar-refractivity contribution in [3.8, 4) is 0 Å². The molecule has 1 atom stereocenters. The van der Waals surface area contributed by atoms with Gasteiger partial charge in [0, 0.05) is 19.6 Å². The quantitative estimate of drug-likeness (QED) is 0.705. The number of piperidine rings is 1. The number of carbonyl (C=O) groups excluding carboxylic acids is 1. The minimum absolute atomic E-state index is 0.0103. The van der Waals surface area contributed by atoms with Crippen LogP contribution < -0.4 is 5.32 Å². The van der Waals surface area contributed by atoms with Crippen molar-refractivity contribution in [1.29, 1.82) is 0 Å². The van der Waals surface area contributed by atoms with Crippen LogP contribution in [0.2, 0.25) is 0 Å². The van der Waals surface area contributed by atoms with Crippen LogP contribution in [0.1, 0.15) is 44.9 Å². The van der Waals surface area contributed by atoms with Crippen LogP contribution in [0.5, 0.6) is 0 Å². The van der Waals surface area contributed by atoms with Gasteiger partial charge in [-0.3, -0.25) is 4.79 Å². The number of hydrogen-bond acceptors (Lipinski definition) is 4. The molecule has 7 heteroatoms. The van der Waals surface area contributed by atoms with Crippen LogP contribution in [0.15, 0.2) is 35.2 Å². The molecule has 6 nitrogen and oxygen atoms in total. The molecule has 1 amide bonds. The second-order valence-corrected chi connectivity index (χ2v) is 9.85. The molecular formula is C21H33N3O3S. The second kappa shape index (κ2) is 10.4. The van der Waals surface area contributed by atoms with Crippen molar-refractivity contribution in [3.63, 3.8) is 0 Å². The minimum Gasteiger partial charge on any atom is -0.356 e. The Morgan fingerprint density at radius 2 is 1.71 bits per heavy atom. The van der Waals surface area contributed by atoms with E-state index in [2.05, 4.69) is 10.2 Å². The average molecular weight is 408 g/mol. The van der Waals surface area contributed by atoms with Gasteiger partial charge in [0.05, 0.1) is 10.8 Å². The first-order valence-corrected chi connectivity index (χ1v) is 12.1. The molecule has 2 fully saturated rings. The van der Waals surface area contributed by atoms with Gasteiger partial charge in [-0.2, -0.15) is 4.31 Å². The largest absolute Gasteiger partial charge is 0.356 e. The van der Waals surface area contributed by atoms with E-state index in [1.165, 1.54) is 43.1 Å². The van der Waals surface area contributed by atoms with Crippen LogP contribution in [0.4, 0.5) is 0 Å². The molecule has 0 unspecified atom stereocenters. The van der Waals surface area contributed by atoms with E-state index in [4.69, 9.17) is 0 Å². The summed E-state index contributed by atoms with van der Waals surface area (Å²) < 4.78 is 27.1. The first-order valence-electron chi connectivity index (χ1n) is 10.6. The molecule has 2 saturated heterocycles. The number of carbonyl (C=O) groups is 1. The van der Waals surface area contributed by atoms with Gasteiger partial charge in [0.25, 0.3) is 0 Å². The van der Waals surface area contributed by atoms with Gasteiger partial charge < -0.3 is 10.2 Å². The first-order chi connectivity index (χ1) is 13.6. The second-order valence-electron chi connectivity index (χ2n) is 7.92. The highest BCUT2D eigenvalue weighted by atomic mass is 32.2. The lowest BCUT2D eigenvalue weighted by Crippen LogP contribution is -2.45. The smallest absolute Gasteiger partial charge is 0.243 e. The zero-order chi connectivity index (χ0) is 19.8. The highest BCUT2D eigenvalue weighted by molar-refractivity contribution is 7.89. The zero-order valence-corrected chi connectivity index (χ0v) is 17.5. The Morgan fingerprint density at radius 3 is 2.43 bits per heavy atom. The van der Waals surface area contributed by atoms with Gasteiger partial charge in [-0.25, -0.2) is 8.42 Å². The van der Waals surface area contributed by atoms with Gasteiger partial charge in [-0.1, -0.05) is 31.0 Å². The van der Waals surface area contributed by atoms with Crippen LogP contribution in [0, 0.1) is 5.92 Å². The number of sulfonamides is 1. The Hall–Kier alpha value is -1.44. The third-order valence-corrected chi connectivity index (χ3v) is 7.66. The fourth-order valence-corrected chi connectivity index (χ4v) is 5.68. The number of likely N-dealkylation sites (tertiary alicyclic amines) is 1. The van der Waals surface area contributed by atoms with Crippen molar-refractivity contribution >= 4 is 15.9 Å². The zero-order valence-electron chi connectivity index (χ0n) is 16.7. The highest BCUT2D eigenvalue weighted by Gasteiger charge is 2.33. The molecule has 0 aromatic heterocycles. The van der Waals surface area contributed by atoms with E-state index in [1.807, 2.05) is 0 Å². The summed E-state index contributed by atoms with van der Waals surface area (Å²) in [4.78, 5) is 15.4. The molecule has 2 aliphatic rings. The molecule has 0 radical (unpaired) electrons.